The lowest BCUT2D eigenvalue weighted by molar-refractivity contribution is 0.300. The fourth-order valence-electron chi connectivity index (χ4n) is 1.32. The largest absolute Gasteiger partial charge is 0.284 e. The highest BCUT2D eigenvalue weighted by Crippen LogP contribution is 2.06. The molecule has 0 atom stereocenters. The minimum Gasteiger partial charge on any atom is -0.269 e. The van der Waals surface area contributed by atoms with Crippen molar-refractivity contribution in [1.29, 1.82) is 0 Å². The Kier molecular flexibility index (Phi) is 9.59. The van der Waals surface area contributed by atoms with Crippen LogP contribution in [0.2, 0.25) is 0 Å². The summed E-state index contributed by atoms with van der Waals surface area (Å²) in [5.74, 6) is 0. The monoisotopic (exact) mass is 316 g/mol. The van der Waals surface area contributed by atoms with Crippen LogP contribution in [0.4, 0.5) is 0 Å². The van der Waals surface area contributed by atoms with Gasteiger partial charge in [0.1, 0.15) is 0 Å². The van der Waals surface area contributed by atoms with Crippen LogP contribution in [0.3, 0.4) is 0 Å². The molecule has 0 bridgehead atoms. The fraction of sp³-hybridized carbons (Fsp3) is 1.00. The van der Waals surface area contributed by atoms with Crippen LogP contribution in [-0.2, 0) is 28.6 Å². The molecule has 0 aliphatic heterocycles. The van der Waals surface area contributed by atoms with Crippen LogP contribution < -0.4 is 0 Å². The summed E-state index contributed by atoms with van der Waals surface area (Å²) >= 11 is 0. The molecule has 0 aliphatic rings. The second-order valence-corrected chi connectivity index (χ2v) is 7.94. The summed E-state index contributed by atoms with van der Waals surface area (Å²) in [7, 11) is -8.15. The summed E-state index contributed by atoms with van der Waals surface area (Å²) in [6, 6.07) is 0. The Bertz CT molecular complexity index is 372. The van der Waals surface area contributed by atoms with E-state index in [1.165, 1.54) is 0 Å². The van der Waals surface area contributed by atoms with Gasteiger partial charge in [0, 0.05) is 0 Å². The molecule has 0 aromatic rings. The van der Waals surface area contributed by atoms with Gasteiger partial charge in [-0.05, 0) is 12.8 Å². The molecule has 0 radical (unpaired) electrons. The Morgan fingerprint density at radius 1 is 0.684 bits per heavy atom. The molecule has 0 unspecified atom stereocenters. The van der Waals surface area contributed by atoms with Gasteiger partial charge in [0.2, 0.25) is 5.08 Å². The van der Waals surface area contributed by atoms with Gasteiger partial charge in [-0.25, -0.2) is 0 Å². The SMILES string of the molecule is CCCCCOS(=O)(=O)CS(=O)(=O)OCCCCC. The van der Waals surface area contributed by atoms with Gasteiger partial charge in [-0.3, -0.25) is 8.37 Å². The minimum absolute atomic E-state index is 0.0154. The van der Waals surface area contributed by atoms with Gasteiger partial charge in [-0.1, -0.05) is 39.5 Å². The summed E-state index contributed by atoms with van der Waals surface area (Å²) in [4.78, 5) is 0. The van der Waals surface area contributed by atoms with Crippen molar-refractivity contribution >= 4 is 20.2 Å². The van der Waals surface area contributed by atoms with Crippen LogP contribution in [0, 0.1) is 0 Å². The molecule has 0 N–H and O–H groups in total. The van der Waals surface area contributed by atoms with Gasteiger partial charge in [0.15, 0.2) is 0 Å². The van der Waals surface area contributed by atoms with Crippen molar-refractivity contribution in [2.45, 2.75) is 52.4 Å². The van der Waals surface area contributed by atoms with E-state index in [1.54, 1.807) is 0 Å². The van der Waals surface area contributed by atoms with E-state index in [4.69, 9.17) is 0 Å². The topological polar surface area (TPSA) is 86.7 Å². The number of hydrogen-bond acceptors (Lipinski definition) is 6. The maximum atomic E-state index is 11.4. The molecule has 6 nitrogen and oxygen atoms in total. The Morgan fingerprint density at radius 2 is 1.05 bits per heavy atom. The predicted molar refractivity (Wildman–Crippen MR) is 73.7 cm³/mol. The lowest BCUT2D eigenvalue weighted by atomic mass is 10.3. The molecule has 0 saturated carbocycles. The highest BCUT2D eigenvalue weighted by molar-refractivity contribution is 8.03. The summed E-state index contributed by atoms with van der Waals surface area (Å²) in [6.45, 7) is 3.98. The molecular formula is C11H24O6S2. The normalized spacial score (nSPS) is 12.7. The van der Waals surface area contributed by atoms with Gasteiger partial charge in [-0.15, -0.1) is 0 Å². The third-order valence-electron chi connectivity index (χ3n) is 2.31. The van der Waals surface area contributed by atoms with Gasteiger partial charge < -0.3 is 0 Å². The van der Waals surface area contributed by atoms with Crippen molar-refractivity contribution < 1.29 is 25.2 Å². The molecule has 0 aromatic heterocycles. The van der Waals surface area contributed by atoms with Crippen LogP contribution in [0.5, 0.6) is 0 Å². The van der Waals surface area contributed by atoms with Crippen molar-refractivity contribution in [3.63, 3.8) is 0 Å². The van der Waals surface area contributed by atoms with E-state index in [0.717, 1.165) is 25.7 Å². The van der Waals surface area contributed by atoms with Crippen molar-refractivity contribution in [3.8, 4) is 0 Å². The van der Waals surface area contributed by atoms with Crippen LogP contribution in [0.15, 0.2) is 0 Å². The quantitative estimate of drug-likeness (QED) is 0.404. The first-order valence-electron chi connectivity index (χ1n) is 6.57. The van der Waals surface area contributed by atoms with E-state index in [1.807, 2.05) is 13.8 Å². The lowest BCUT2D eigenvalue weighted by Crippen LogP contribution is -2.21. The van der Waals surface area contributed by atoms with Crippen molar-refractivity contribution in [2.75, 3.05) is 18.3 Å². The standard InChI is InChI=1S/C11H24O6S2/c1-3-5-7-9-16-18(12,13)11-19(14,15)17-10-8-6-4-2/h3-11H2,1-2H3. The highest BCUT2D eigenvalue weighted by Gasteiger charge is 2.23. The van der Waals surface area contributed by atoms with Gasteiger partial charge in [-0.2, -0.15) is 16.8 Å². The smallest absolute Gasteiger partial charge is 0.269 e. The zero-order chi connectivity index (χ0) is 14.8. The first-order chi connectivity index (χ1) is 8.83. The Balaban J connectivity index is 4.09. The van der Waals surface area contributed by atoms with E-state index < -0.39 is 25.3 Å². The Labute approximate surface area is 116 Å². The summed E-state index contributed by atoms with van der Waals surface area (Å²) in [5, 5.41) is -1.11. The van der Waals surface area contributed by atoms with E-state index in [0.29, 0.717) is 12.8 Å². The molecule has 0 heterocycles. The Hall–Kier alpha value is -0.180. The van der Waals surface area contributed by atoms with Gasteiger partial charge >= 0.3 is 0 Å². The van der Waals surface area contributed by atoms with E-state index >= 15 is 0 Å². The van der Waals surface area contributed by atoms with Crippen molar-refractivity contribution in [3.05, 3.63) is 0 Å². The summed E-state index contributed by atoms with van der Waals surface area (Å²) in [5.41, 5.74) is 0. The second-order valence-electron chi connectivity index (χ2n) is 4.29. The molecule has 0 aliphatic carbocycles. The van der Waals surface area contributed by atoms with Crippen LogP contribution in [0.1, 0.15) is 52.4 Å². The molecule has 0 spiro atoms. The Morgan fingerprint density at radius 3 is 1.37 bits per heavy atom. The van der Waals surface area contributed by atoms with Crippen LogP contribution in [0.25, 0.3) is 0 Å². The molecule has 8 heteroatoms. The van der Waals surface area contributed by atoms with Crippen molar-refractivity contribution in [1.82, 2.24) is 0 Å². The molecular weight excluding hydrogens is 292 g/mol. The zero-order valence-electron chi connectivity index (χ0n) is 11.6. The molecule has 19 heavy (non-hydrogen) atoms. The van der Waals surface area contributed by atoms with E-state index in [-0.39, 0.29) is 13.2 Å². The van der Waals surface area contributed by atoms with Crippen LogP contribution in [-0.4, -0.2) is 35.1 Å². The average molecular weight is 316 g/mol. The summed E-state index contributed by atoms with van der Waals surface area (Å²) < 4.78 is 54.9. The number of unbranched alkanes of at least 4 members (excludes halogenated alkanes) is 4. The third kappa shape index (κ3) is 11.4. The molecule has 0 saturated heterocycles. The molecule has 116 valence electrons. The van der Waals surface area contributed by atoms with Gasteiger partial charge in [0.25, 0.3) is 20.2 Å². The fourth-order valence-corrected chi connectivity index (χ4v) is 4.02. The highest BCUT2D eigenvalue weighted by atomic mass is 32.3. The molecule has 0 fully saturated rings. The average Bonchev–Trinajstić information content (AvgIpc) is 2.29. The maximum Gasteiger partial charge on any atom is 0.284 e. The first-order valence-corrected chi connectivity index (χ1v) is 9.72. The number of rotatable bonds is 12. The third-order valence-corrected chi connectivity index (χ3v) is 5.67. The van der Waals surface area contributed by atoms with Crippen LogP contribution >= 0.6 is 0 Å². The first kappa shape index (κ1) is 18.8. The molecule has 0 rings (SSSR count). The second kappa shape index (κ2) is 9.68. The van der Waals surface area contributed by atoms with Crippen molar-refractivity contribution in [2.24, 2.45) is 0 Å². The molecule has 0 aromatic carbocycles. The summed E-state index contributed by atoms with van der Waals surface area (Å²) in [6.07, 6.45) is 4.73. The lowest BCUT2D eigenvalue weighted by Gasteiger charge is -2.07. The van der Waals surface area contributed by atoms with E-state index in [9.17, 15) is 16.8 Å². The molecule has 0 amide bonds. The predicted octanol–water partition coefficient (Wildman–Crippen LogP) is 2.02. The maximum absolute atomic E-state index is 11.4. The van der Waals surface area contributed by atoms with E-state index in [2.05, 4.69) is 8.37 Å². The van der Waals surface area contributed by atoms with Gasteiger partial charge in [0.05, 0.1) is 13.2 Å². The minimum atomic E-state index is -4.08. The zero-order valence-corrected chi connectivity index (χ0v) is 13.3. The number of hydrogen-bond donors (Lipinski definition) is 0.